The first-order valence-electron chi connectivity index (χ1n) is 6.78. The number of Topliss-reactive ketones (excluding diaryl/α,β-unsaturated/α-hetero) is 1. The number of ketones is 1. The zero-order valence-electron chi connectivity index (χ0n) is 12.2. The Kier molecular flexibility index (Phi) is 6.52. The van der Waals surface area contributed by atoms with Crippen molar-refractivity contribution < 1.29 is 9.53 Å². The Bertz CT molecular complexity index is 429. The van der Waals surface area contributed by atoms with E-state index in [-0.39, 0.29) is 11.7 Å². The quantitative estimate of drug-likeness (QED) is 0.738. The molecule has 1 atom stereocenters. The number of aromatic nitrogens is 2. The summed E-state index contributed by atoms with van der Waals surface area (Å²) >= 11 is 6.29. The minimum atomic E-state index is 0.184. The predicted octanol–water partition coefficient (Wildman–Crippen LogP) is 2.90. The largest absolute Gasteiger partial charge is 0.384 e. The van der Waals surface area contributed by atoms with Crippen LogP contribution in [0, 0.1) is 5.92 Å². The van der Waals surface area contributed by atoms with E-state index in [0.717, 1.165) is 24.4 Å². The Balaban J connectivity index is 2.75. The normalized spacial score (nSPS) is 12.7. The molecule has 0 saturated heterocycles. The third-order valence-corrected chi connectivity index (χ3v) is 3.52. The smallest absolute Gasteiger partial charge is 0.139 e. The summed E-state index contributed by atoms with van der Waals surface area (Å²) in [6.07, 6.45) is 1.65. The first kappa shape index (κ1) is 16.2. The number of rotatable bonds is 8. The van der Waals surface area contributed by atoms with Gasteiger partial charge in [0.25, 0.3) is 0 Å². The van der Waals surface area contributed by atoms with Crippen LogP contribution >= 0.6 is 11.6 Å². The maximum Gasteiger partial charge on any atom is 0.139 e. The Morgan fingerprint density at radius 3 is 2.68 bits per heavy atom. The monoisotopic (exact) mass is 286 g/mol. The van der Waals surface area contributed by atoms with Crippen LogP contribution in [0.25, 0.3) is 0 Å². The highest BCUT2D eigenvalue weighted by atomic mass is 35.5. The topological polar surface area (TPSA) is 44.1 Å². The van der Waals surface area contributed by atoms with Crippen molar-refractivity contribution in [3.63, 3.8) is 0 Å². The highest BCUT2D eigenvalue weighted by Gasteiger charge is 2.18. The molecule has 1 rings (SSSR count). The molecule has 0 aliphatic heterocycles. The van der Waals surface area contributed by atoms with Gasteiger partial charge < -0.3 is 4.74 Å². The maximum absolute atomic E-state index is 12.1. The fourth-order valence-electron chi connectivity index (χ4n) is 2.18. The van der Waals surface area contributed by atoms with E-state index in [1.807, 2.05) is 25.5 Å². The van der Waals surface area contributed by atoms with Crippen LogP contribution in [0.3, 0.4) is 0 Å². The second-order valence-electron chi connectivity index (χ2n) is 4.86. The first-order chi connectivity index (χ1) is 9.03. The summed E-state index contributed by atoms with van der Waals surface area (Å²) in [4.78, 5) is 12.1. The van der Waals surface area contributed by atoms with Gasteiger partial charge in [-0.25, -0.2) is 0 Å². The van der Waals surface area contributed by atoms with Gasteiger partial charge in [0.1, 0.15) is 5.78 Å². The van der Waals surface area contributed by atoms with E-state index in [4.69, 9.17) is 16.3 Å². The molecule has 108 valence electrons. The summed E-state index contributed by atoms with van der Waals surface area (Å²) in [5.41, 5.74) is 1.71. The van der Waals surface area contributed by atoms with E-state index >= 15 is 0 Å². The van der Waals surface area contributed by atoms with Crippen LogP contribution in [-0.4, -0.2) is 29.3 Å². The lowest BCUT2D eigenvalue weighted by atomic mass is 10.0. The summed E-state index contributed by atoms with van der Waals surface area (Å²) in [6, 6.07) is 0. The van der Waals surface area contributed by atoms with Gasteiger partial charge in [-0.1, -0.05) is 25.4 Å². The van der Waals surface area contributed by atoms with E-state index in [2.05, 4.69) is 5.10 Å². The highest BCUT2D eigenvalue weighted by molar-refractivity contribution is 6.32. The van der Waals surface area contributed by atoms with E-state index < -0.39 is 0 Å². The number of hydrogen-bond donors (Lipinski definition) is 0. The fourth-order valence-corrected chi connectivity index (χ4v) is 2.51. The molecule has 0 aliphatic carbocycles. The van der Waals surface area contributed by atoms with Gasteiger partial charge in [0, 0.05) is 33.1 Å². The average molecular weight is 287 g/mol. The molecule has 1 unspecified atom stereocenters. The van der Waals surface area contributed by atoms with E-state index in [0.29, 0.717) is 24.5 Å². The molecule has 0 bridgehead atoms. The predicted molar refractivity (Wildman–Crippen MR) is 76.7 cm³/mol. The highest BCUT2D eigenvalue weighted by Crippen LogP contribution is 2.23. The summed E-state index contributed by atoms with van der Waals surface area (Å²) in [6.45, 7) is 7.37. The third-order valence-electron chi connectivity index (χ3n) is 3.09. The number of nitrogens with zero attached hydrogens (tertiary/aromatic N) is 2. The van der Waals surface area contributed by atoms with Crippen LogP contribution in [-0.2, 0) is 28.9 Å². The summed E-state index contributed by atoms with van der Waals surface area (Å²) in [7, 11) is 1.65. The summed E-state index contributed by atoms with van der Waals surface area (Å²) in [5.74, 6) is 0.420. The third kappa shape index (κ3) is 4.32. The van der Waals surface area contributed by atoms with Gasteiger partial charge in [-0.3, -0.25) is 9.48 Å². The number of carbonyl (C=O) groups is 1. The van der Waals surface area contributed by atoms with Gasteiger partial charge in [-0.2, -0.15) is 5.10 Å². The molecule has 0 aromatic carbocycles. The lowest BCUT2D eigenvalue weighted by Crippen LogP contribution is -2.15. The SMILES string of the molecule is CCc1nn(CC)c(CC(=O)CC(C)COC)c1Cl. The number of aryl methyl sites for hydroxylation is 2. The number of hydrogen-bond acceptors (Lipinski definition) is 3. The van der Waals surface area contributed by atoms with Gasteiger partial charge in [0.2, 0.25) is 0 Å². The maximum atomic E-state index is 12.1. The molecule has 0 radical (unpaired) electrons. The second-order valence-corrected chi connectivity index (χ2v) is 5.23. The molecule has 0 saturated carbocycles. The molecule has 5 heteroatoms. The average Bonchev–Trinajstić information content (AvgIpc) is 2.66. The van der Waals surface area contributed by atoms with Crippen LogP contribution < -0.4 is 0 Å². The van der Waals surface area contributed by atoms with Crippen LogP contribution in [0.4, 0.5) is 0 Å². The second kappa shape index (κ2) is 7.65. The van der Waals surface area contributed by atoms with E-state index in [1.54, 1.807) is 7.11 Å². The van der Waals surface area contributed by atoms with Crippen molar-refractivity contribution in [1.29, 1.82) is 0 Å². The van der Waals surface area contributed by atoms with E-state index in [9.17, 15) is 4.79 Å². The number of halogens is 1. The fraction of sp³-hybridized carbons (Fsp3) is 0.714. The Morgan fingerprint density at radius 1 is 1.47 bits per heavy atom. The standard InChI is InChI=1S/C14H23ClN2O2/c1-5-12-14(15)13(17(6-2)16-12)8-11(18)7-10(3)9-19-4/h10H,5-9H2,1-4H3. The van der Waals surface area contributed by atoms with Crippen LogP contribution in [0.2, 0.25) is 5.02 Å². The van der Waals surface area contributed by atoms with Gasteiger partial charge in [0.05, 0.1) is 16.4 Å². The van der Waals surface area contributed by atoms with Crippen molar-refractivity contribution >= 4 is 17.4 Å². The molecule has 0 fully saturated rings. The number of ether oxygens (including phenoxy) is 1. The molecule has 19 heavy (non-hydrogen) atoms. The molecule has 0 spiro atoms. The molecule has 0 amide bonds. The van der Waals surface area contributed by atoms with E-state index in [1.165, 1.54) is 0 Å². The molecule has 1 aromatic heterocycles. The Hall–Kier alpha value is -0.870. The van der Waals surface area contributed by atoms with Crippen molar-refractivity contribution in [1.82, 2.24) is 9.78 Å². The lowest BCUT2D eigenvalue weighted by molar-refractivity contribution is -0.119. The van der Waals surface area contributed by atoms with Crippen molar-refractivity contribution in [3.05, 3.63) is 16.4 Å². The molecular weight excluding hydrogens is 264 g/mol. The molecule has 1 heterocycles. The molecule has 1 aromatic rings. The zero-order valence-corrected chi connectivity index (χ0v) is 13.0. The zero-order chi connectivity index (χ0) is 14.4. The van der Waals surface area contributed by atoms with Crippen molar-refractivity contribution in [2.75, 3.05) is 13.7 Å². The van der Waals surface area contributed by atoms with Gasteiger partial charge in [-0.05, 0) is 19.3 Å². The minimum Gasteiger partial charge on any atom is -0.384 e. The minimum absolute atomic E-state index is 0.184. The number of methoxy groups -OCH3 is 1. The summed E-state index contributed by atoms with van der Waals surface area (Å²) < 4.78 is 6.88. The van der Waals surface area contributed by atoms with Crippen LogP contribution in [0.1, 0.15) is 38.6 Å². The summed E-state index contributed by atoms with van der Waals surface area (Å²) in [5, 5.41) is 5.07. The first-order valence-corrected chi connectivity index (χ1v) is 7.15. The van der Waals surface area contributed by atoms with Gasteiger partial charge >= 0.3 is 0 Å². The molecule has 0 N–H and O–H groups in total. The lowest BCUT2D eigenvalue weighted by Gasteiger charge is -2.10. The van der Waals surface area contributed by atoms with Crippen molar-refractivity contribution in [3.8, 4) is 0 Å². The van der Waals surface area contributed by atoms with Crippen LogP contribution in [0.15, 0.2) is 0 Å². The van der Waals surface area contributed by atoms with Gasteiger partial charge in [-0.15, -0.1) is 0 Å². The Labute approximate surface area is 120 Å². The van der Waals surface area contributed by atoms with Crippen molar-refractivity contribution in [2.45, 2.75) is 46.6 Å². The van der Waals surface area contributed by atoms with Crippen LogP contribution in [0.5, 0.6) is 0 Å². The Morgan fingerprint density at radius 2 is 2.16 bits per heavy atom. The molecule has 0 aliphatic rings. The molecular formula is C14H23ClN2O2. The van der Waals surface area contributed by atoms with Gasteiger partial charge in [0.15, 0.2) is 0 Å². The van der Waals surface area contributed by atoms with Crippen molar-refractivity contribution in [2.24, 2.45) is 5.92 Å². The molecule has 4 nitrogen and oxygen atoms in total. The number of carbonyl (C=O) groups excluding carboxylic acids is 1.